The number of rotatable bonds is 7. The molecule has 34 heavy (non-hydrogen) atoms. The molecule has 4 rings (SSSR count). The Morgan fingerprint density at radius 1 is 0.971 bits per heavy atom. The van der Waals surface area contributed by atoms with Crippen molar-refractivity contribution in [1.29, 1.82) is 0 Å². The Labute approximate surface area is 195 Å². The zero-order chi connectivity index (χ0) is 24.2. The van der Waals surface area contributed by atoms with E-state index in [0.29, 0.717) is 11.3 Å². The van der Waals surface area contributed by atoms with Crippen LogP contribution in [0.5, 0.6) is 0 Å². The fourth-order valence-electron chi connectivity index (χ4n) is 3.89. The molecule has 1 aliphatic heterocycles. The number of ether oxygens (including phenoxy) is 1. The van der Waals surface area contributed by atoms with Gasteiger partial charge in [0.1, 0.15) is 0 Å². The highest BCUT2D eigenvalue weighted by Crippen LogP contribution is 2.29. The summed E-state index contributed by atoms with van der Waals surface area (Å²) in [6.07, 6.45) is -0.935. The molecule has 0 saturated carbocycles. The van der Waals surface area contributed by atoms with Gasteiger partial charge in [0.2, 0.25) is 11.7 Å². The zero-order valence-corrected chi connectivity index (χ0v) is 18.4. The number of nitrogens with zero attached hydrogens (tertiary/aromatic N) is 2. The van der Waals surface area contributed by atoms with Gasteiger partial charge in [0.25, 0.3) is 5.69 Å². The number of benzene rings is 3. The second-order valence-electron chi connectivity index (χ2n) is 8.07. The first-order valence-corrected chi connectivity index (χ1v) is 10.8. The molecule has 1 aliphatic rings. The molecule has 8 heteroatoms. The summed E-state index contributed by atoms with van der Waals surface area (Å²) in [6, 6.07) is 22.0. The summed E-state index contributed by atoms with van der Waals surface area (Å²) in [7, 11) is 0. The molecule has 8 nitrogen and oxygen atoms in total. The number of anilines is 1. The van der Waals surface area contributed by atoms with Crippen LogP contribution in [0, 0.1) is 16.0 Å². The number of carbonyl (C=O) groups excluding carboxylic acids is 3. The number of nitro benzene ring substituents is 1. The number of esters is 1. The molecule has 1 saturated heterocycles. The van der Waals surface area contributed by atoms with Crippen LogP contribution in [0.4, 0.5) is 11.4 Å². The summed E-state index contributed by atoms with van der Waals surface area (Å²) < 4.78 is 5.37. The van der Waals surface area contributed by atoms with E-state index in [2.05, 4.69) is 0 Å². The van der Waals surface area contributed by atoms with E-state index in [4.69, 9.17) is 4.74 Å². The molecule has 0 aromatic heterocycles. The summed E-state index contributed by atoms with van der Waals surface area (Å²) in [5.41, 5.74) is 2.76. The lowest BCUT2D eigenvalue weighted by Gasteiger charge is -2.18. The van der Waals surface area contributed by atoms with Crippen molar-refractivity contribution in [2.75, 3.05) is 11.4 Å². The van der Waals surface area contributed by atoms with Gasteiger partial charge < -0.3 is 9.64 Å². The van der Waals surface area contributed by atoms with Gasteiger partial charge in [0.15, 0.2) is 6.10 Å². The normalized spacial score (nSPS) is 16.2. The first kappa shape index (κ1) is 22.8. The quantitative estimate of drug-likeness (QED) is 0.224. The van der Waals surface area contributed by atoms with Crippen molar-refractivity contribution in [1.82, 2.24) is 0 Å². The Morgan fingerprint density at radius 2 is 1.56 bits per heavy atom. The molecule has 2 atom stereocenters. The number of ketones is 1. The predicted octanol–water partition coefficient (Wildman–Crippen LogP) is 4.43. The molecule has 1 amide bonds. The molecular weight excluding hydrogens is 436 g/mol. The van der Waals surface area contributed by atoms with Crippen LogP contribution in [0.1, 0.15) is 23.7 Å². The average Bonchev–Trinajstić information content (AvgIpc) is 3.26. The van der Waals surface area contributed by atoms with Crippen molar-refractivity contribution in [2.24, 2.45) is 5.92 Å². The molecule has 0 unspecified atom stereocenters. The van der Waals surface area contributed by atoms with E-state index in [1.54, 1.807) is 54.6 Å². The fraction of sp³-hybridized carbons (Fsp3) is 0.192. The lowest BCUT2D eigenvalue weighted by atomic mass is 10.0. The lowest BCUT2D eigenvalue weighted by molar-refractivity contribution is -0.384. The van der Waals surface area contributed by atoms with E-state index in [1.165, 1.54) is 24.0 Å². The maximum absolute atomic E-state index is 12.6. The number of amides is 1. The molecule has 0 spiro atoms. The fourth-order valence-corrected chi connectivity index (χ4v) is 3.89. The van der Waals surface area contributed by atoms with Crippen LogP contribution in [-0.4, -0.2) is 35.2 Å². The second kappa shape index (κ2) is 9.66. The molecule has 3 aromatic carbocycles. The Kier molecular flexibility index (Phi) is 6.49. The molecule has 1 heterocycles. The van der Waals surface area contributed by atoms with Gasteiger partial charge in [-0.05, 0) is 42.3 Å². The van der Waals surface area contributed by atoms with Gasteiger partial charge >= 0.3 is 5.97 Å². The van der Waals surface area contributed by atoms with Gasteiger partial charge in [-0.2, -0.15) is 0 Å². The van der Waals surface area contributed by atoms with Gasteiger partial charge in [0, 0.05) is 36.3 Å². The van der Waals surface area contributed by atoms with E-state index >= 15 is 0 Å². The smallest absolute Gasteiger partial charge is 0.312 e. The first-order chi connectivity index (χ1) is 16.3. The van der Waals surface area contributed by atoms with Crippen molar-refractivity contribution >= 4 is 29.0 Å². The van der Waals surface area contributed by atoms with Crippen LogP contribution < -0.4 is 4.90 Å². The van der Waals surface area contributed by atoms with Crippen molar-refractivity contribution in [3.05, 3.63) is 94.5 Å². The van der Waals surface area contributed by atoms with Crippen LogP contribution in [0.3, 0.4) is 0 Å². The highest BCUT2D eigenvalue weighted by molar-refractivity contribution is 6.02. The van der Waals surface area contributed by atoms with E-state index in [9.17, 15) is 24.5 Å². The Bertz CT molecular complexity index is 1220. The van der Waals surface area contributed by atoms with E-state index in [0.717, 1.165) is 11.1 Å². The van der Waals surface area contributed by atoms with E-state index < -0.39 is 22.9 Å². The minimum atomic E-state index is -0.944. The van der Waals surface area contributed by atoms with Gasteiger partial charge in [0.05, 0.1) is 10.8 Å². The van der Waals surface area contributed by atoms with Crippen LogP contribution in [0.2, 0.25) is 0 Å². The summed E-state index contributed by atoms with van der Waals surface area (Å²) in [4.78, 5) is 49.6. The summed E-state index contributed by atoms with van der Waals surface area (Å²) in [6.45, 7) is 1.69. The summed E-state index contributed by atoms with van der Waals surface area (Å²) in [5.74, 6) is -1.73. The van der Waals surface area contributed by atoms with Crippen LogP contribution >= 0.6 is 0 Å². The maximum atomic E-state index is 12.6. The number of Topliss-reactive ketones (excluding diaryl/α,β-unsaturated/α-hetero) is 1. The molecule has 0 bridgehead atoms. The van der Waals surface area contributed by atoms with Gasteiger partial charge in [-0.25, -0.2) is 0 Å². The Morgan fingerprint density at radius 3 is 2.15 bits per heavy atom. The van der Waals surface area contributed by atoms with E-state index in [-0.39, 0.29) is 30.3 Å². The van der Waals surface area contributed by atoms with Crippen LogP contribution in [-0.2, 0) is 14.3 Å². The largest absolute Gasteiger partial charge is 0.454 e. The molecule has 172 valence electrons. The monoisotopic (exact) mass is 458 g/mol. The third kappa shape index (κ3) is 4.85. The Hall–Kier alpha value is -4.33. The predicted molar refractivity (Wildman–Crippen MR) is 125 cm³/mol. The second-order valence-corrected chi connectivity index (χ2v) is 8.07. The van der Waals surface area contributed by atoms with Gasteiger partial charge in [-0.15, -0.1) is 0 Å². The van der Waals surface area contributed by atoms with Crippen molar-refractivity contribution in [2.45, 2.75) is 19.4 Å². The molecular formula is C26H22N2O6. The van der Waals surface area contributed by atoms with Crippen LogP contribution in [0.25, 0.3) is 11.1 Å². The van der Waals surface area contributed by atoms with Crippen molar-refractivity contribution in [3.63, 3.8) is 0 Å². The zero-order valence-electron chi connectivity index (χ0n) is 18.4. The third-order valence-corrected chi connectivity index (χ3v) is 5.77. The molecule has 0 radical (unpaired) electrons. The first-order valence-electron chi connectivity index (χ1n) is 10.8. The van der Waals surface area contributed by atoms with Gasteiger partial charge in [-0.1, -0.05) is 42.5 Å². The van der Waals surface area contributed by atoms with Crippen molar-refractivity contribution in [3.8, 4) is 11.1 Å². The molecule has 0 N–H and O–H groups in total. The topological polar surface area (TPSA) is 107 Å². The number of non-ortho nitro benzene ring substituents is 1. The highest BCUT2D eigenvalue weighted by Gasteiger charge is 2.37. The molecule has 1 fully saturated rings. The summed E-state index contributed by atoms with van der Waals surface area (Å²) >= 11 is 0. The average molecular weight is 458 g/mol. The highest BCUT2D eigenvalue weighted by atomic mass is 16.6. The lowest BCUT2D eigenvalue weighted by Crippen LogP contribution is -2.30. The van der Waals surface area contributed by atoms with Gasteiger partial charge in [-0.3, -0.25) is 24.5 Å². The maximum Gasteiger partial charge on any atom is 0.312 e. The minimum Gasteiger partial charge on any atom is -0.454 e. The number of hydrogen-bond donors (Lipinski definition) is 0. The Balaban J connectivity index is 1.39. The number of nitro groups is 1. The van der Waals surface area contributed by atoms with Crippen molar-refractivity contribution < 1.29 is 24.0 Å². The van der Waals surface area contributed by atoms with E-state index in [1.807, 2.05) is 12.1 Å². The summed E-state index contributed by atoms with van der Waals surface area (Å²) in [5, 5.41) is 10.8. The number of carbonyl (C=O) groups is 3. The molecule has 0 aliphatic carbocycles. The van der Waals surface area contributed by atoms with Crippen LogP contribution in [0.15, 0.2) is 78.9 Å². The standard InChI is InChI=1S/C26H22N2O6/c1-17(25(30)20-5-3-2-4-6-20)34-26(31)21-15-24(29)27(16-21)22-11-7-18(8-12-22)19-9-13-23(14-10-19)28(32)33/h2-14,17,21H,15-16H2,1H3/t17-,21+/m0/s1. The third-order valence-electron chi connectivity index (χ3n) is 5.77. The molecule has 3 aromatic rings. The minimum absolute atomic E-state index is 0.00911. The number of hydrogen-bond acceptors (Lipinski definition) is 6. The SMILES string of the molecule is C[C@H](OC(=O)[C@@H]1CC(=O)N(c2ccc(-c3ccc([N+](=O)[O-])cc3)cc2)C1)C(=O)c1ccccc1.